The van der Waals surface area contributed by atoms with Crippen LogP contribution in [0.15, 0.2) is 53.0 Å². The smallest absolute Gasteiger partial charge is 0.246 e. The molecule has 0 unspecified atom stereocenters. The Morgan fingerprint density at radius 2 is 1.86 bits per heavy atom. The van der Waals surface area contributed by atoms with Crippen molar-refractivity contribution in [3.63, 3.8) is 0 Å². The third-order valence-corrected chi connectivity index (χ3v) is 3.93. The van der Waals surface area contributed by atoms with Gasteiger partial charge in [0.25, 0.3) is 0 Å². The van der Waals surface area contributed by atoms with Crippen molar-refractivity contribution in [3.8, 4) is 17.5 Å². The highest BCUT2D eigenvalue weighted by atomic mass is 79.9. The number of pyridine rings is 1. The van der Waals surface area contributed by atoms with E-state index in [4.69, 9.17) is 15.2 Å². The molecule has 21 heavy (non-hydrogen) atoms. The number of benzene rings is 2. The van der Waals surface area contributed by atoms with Gasteiger partial charge in [0, 0.05) is 6.07 Å². The molecule has 106 valence electrons. The molecule has 2 aromatic carbocycles. The number of nitrogen functional groups attached to an aromatic ring is 1. The molecule has 0 fully saturated rings. The van der Waals surface area contributed by atoms with Crippen molar-refractivity contribution in [3.05, 3.63) is 53.0 Å². The molecule has 1 aromatic heterocycles. The summed E-state index contributed by atoms with van der Waals surface area (Å²) >= 11 is 3.57. The number of fused-ring (bicyclic) bond motifs is 1. The SMILES string of the molecule is COc1ccc(N)c(Oc2ccc3ccccc3c2Br)n1. The molecule has 0 aliphatic heterocycles. The van der Waals surface area contributed by atoms with Gasteiger partial charge in [-0.05, 0) is 38.8 Å². The number of nitrogens with zero attached hydrogens (tertiary/aromatic N) is 1. The van der Waals surface area contributed by atoms with Gasteiger partial charge >= 0.3 is 0 Å². The molecule has 0 aliphatic carbocycles. The minimum atomic E-state index is 0.324. The largest absolute Gasteiger partial charge is 0.481 e. The Kier molecular flexibility index (Phi) is 3.66. The van der Waals surface area contributed by atoms with Gasteiger partial charge in [-0.2, -0.15) is 4.98 Å². The number of aromatic nitrogens is 1. The van der Waals surface area contributed by atoms with Gasteiger partial charge in [0.1, 0.15) is 5.75 Å². The third-order valence-electron chi connectivity index (χ3n) is 3.11. The van der Waals surface area contributed by atoms with Crippen LogP contribution in [0.2, 0.25) is 0 Å². The minimum absolute atomic E-state index is 0.324. The van der Waals surface area contributed by atoms with Crippen molar-refractivity contribution in [2.75, 3.05) is 12.8 Å². The summed E-state index contributed by atoms with van der Waals surface area (Å²) in [4.78, 5) is 4.22. The highest BCUT2D eigenvalue weighted by molar-refractivity contribution is 9.10. The minimum Gasteiger partial charge on any atom is -0.481 e. The van der Waals surface area contributed by atoms with E-state index in [0.717, 1.165) is 15.2 Å². The van der Waals surface area contributed by atoms with Crippen LogP contribution in [0.5, 0.6) is 17.5 Å². The highest BCUT2D eigenvalue weighted by Crippen LogP contribution is 2.37. The first kappa shape index (κ1) is 13.7. The summed E-state index contributed by atoms with van der Waals surface area (Å²) in [5.41, 5.74) is 6.35. The maximum absolute atomic E-state index is 5.90. The van der Waals surface area contributed by atoms with E-state index in [2.05, 4.69) is 20.9 Å². The van der Waals surface area contributed by atoms with Crippen LogP contribution in [0.4, 0.5) is 5.69 Å². The molecule has 0 atom stereocenters. The Balaban J connectivity index is 2.04. The number of anilines is 1. The second kappa shape index (κ2) is 5.61. The zero-order chi connectivity index (χ0) is 14.8. The zero-order valence-electron chi connectivity index (χ0n) is 11.3. The van der Waals surface area contributed by atoms with E-state index in [9.17, 15) is 0 Å². The van der Waals surface area contributed by atoms with Gasteiger partial charge in [-0.25, -0.2) is 0 Å². The van der Waals surface area contributed by atoms with E-state index in [1.54, 1.807) is 19.2 Å². The van der Waals surface area contributed by atoms with Crippen LogP contribution in [0.1, 0.15) is 0 Å². The lowest BCUT2D eigenvalue weighted by atomic mass is 10.1. The maximum atomic E-state index is 5.90. The van der Waals surface area contributed by atoms with Gasteiger partial charge in [0.2, 0.25) is 11.8 Å². The molecular weight excluding hydrogens is 332 g/mol. The Labute approximate surface area is 130 Å². The van der Waals surface area contributed by atoms with Crippen molar-refractivity contribution in [1.29, 1.82) is 0 Å². The Morgan fingerprint density at radius 1 is 1.05 bits per heavy atom. The van der Waals surface area contributed by atoms with E-state index in [-0.39, 0.29) is 0 Å². The molecular formula is C16H13BrN2O2. The van der Waals surface area contributed by atoms with Crippen LogP contribution >= 0.6 is 15.9 Å². The molecule has 0 spiro atoms. The monoisotopic (exact) mass is 344 g/mol. The molecule has 0 bridgehead atoms. The second-order valence-corrected chi connectivity index (χ2v) is 5.24. The second-order valence-electron chi connectivity index (χ2n) is 4.45. The lowest BCUT2D eigenvalue weighted by Gasteiger charge is -2.11. The van der Waals surface area contributed by atoms with Crippen molar-refractivity contribution >= 4 is 32.4 Å². The van der Waals surface area contributed by atoms with Crippen molar-refractivity contribution in [2.45, 2.75) is 0 Å². The predicted molar refractivity (Wildman–Crippen MR) is 86.9 cm³/mol. The van der Waals surface area contributed by atoms with Gasteiger partial charge in [0.15, 0.2) is 0 Å². The Morgan fingerprint density at radius 3 is 2.67 bits per heavy atom. The van der Waals surface area contributed by atoms with Crippen LogP contribution < -0.4 is 15.2 Å². The molecule has 0 aliphatic rings. The van der Waals surface area contributed by atoms with E-state index in [1.807, 2.05) is 36.4 Å². The van der Waals surface area contributed by atoms with Crippen LogP contribution in [0, 0.1) is 0 Å². The van der Waals surface area contributed by atoms with Crippen LogP contribution in [0.25, 0.3) is 10.8 Å². The zero-order valence-corrected chi connectivity index (χ0v) is 12.9. The van der Waals surface area contributed by atoms with E-state index >= 15 is 0 Å². The predicted octanol–water partition coefficient (Wildman–Crippen LogP) is 4.38. The van der Waals surface area contributed by atoms with Gasteiger partial charge in [-0.15, -0.1) is 0 Å². The number of hydrogen-bond acceptors (Lipinski definition) is 4. The number of ether oxygens (including phenoxy) is 2. The summed E-state index contributed by atoms with van der Waals surface area (Å²) in [6, 6.07) is 15.3. The summed E-state index contributed by atoms with van der Waals surface area (Å²) in [6.07, 6.45) is 0. The molecule has 0 saturated heterocycles. The summed E-state index contributed by atoms with van der Waals surface area (Å²) in [6.45, 7) is 0. The number of rotatable bonds is 3. The Bertz CT molecular complexity index is 805. The van der Waals surface area contributed by atoms with Gasteiger partial charge in [-0.3, -0.25) is 0 Å². The van der Waals surface area contributed by atoms with Crippen molar-refractivity contribution < 1.29 is 9.47 Å². The molecule has 0 saturated carbocycles. The van der Waals surface area contributed by atoms with Crippen LogP contribution in [-0.2, 0) is 0 Å². The average molecular weight is 345 g/mol. The van der Waals surface area contributed by atoms with Gasteiger partial charge in [-0.1, -0.05) is 30.3 Å². The van der Waals surface area contributed by atoms with E-state index in [1.165, 1.54) is 0 Å². The van der Waals surface area contributed by atoms with Crippen molar-refractivity contribution in [1.82, 2.24) is 4.98 Å². The molecule has 4 nitrogen and oxygen atoms in total. The van der Waals surface area contributed by atoms with Crippen LogP contribution in [0.3, 0.4) is 0 Å². The summed E-state index contributed by atoms with van der Waals surface area (Å²) in [7, 11) is 1.55. The number of halogens is 1. The fraction of sp³-hybridized carbons (Fsp3) is 0.0625. The molecule has 3 aromatic rings. The first-order chi connectivity index (χ1) is 10.2. The topological polar surface area (TPSA) is 57.4 Å². The van der Waals surface area contributed by atoms with Crippen LogP contribution in [-0.4, -0.2) is 12.1 Å². The number of hydrogen-bond donors (Lipinski definition) is 1. The van der Waals surface area contributed by atoms with E-state index < -0.39 is 0 Å². The maximum Gasteiger partial charge on any atom is 0.246 e. The summed E-state index contributed by atoms with van der Waals surface area (Å²) < 4.78 is 11.8. The normalized spacial score (nSPS) is 10.6. The quantitative estimate of drug-likeness (QED) is 0.765. The number of nitrogens with two attached hydrogens (primary N) is 1. The lowest BCUT2D eigenvalue weighted by molar-refractivity contribution is 0.384. The molecule has 5 heteroatoms. The average Bonchev–Trinajstić information content (AvgIpc) is 2.52. The summed E-state index contributed by atoms with van der Waals surface area (Å²) in [5, 5.41) is 2.19. The highest BCUT2D eigenvalue weighted by Gasteiger charge is 2.11. The van der Waals surface area contributed by atoms with E-state index in [0.29, 0.717) is 23.2 Å². The summed E-state index contributed by atoms with van der Waals surface area (Å²) in [5.74, 6) is 1.43. The van der Waals surface area contributed by atoms with Gasteiger partial charge in [0.05, 0.1) is 17.3 Å². The van der Waals surface area contributed by atoms with Crippen molar-refractivity contribution in [2.24, 2.45) is 0 Å². The number of methoxy groups -OCH3 is 1. The standard InChI is InChI=1S/C16H13BrN2O2/c1-20-14-9-7-12(18)16(19-14)21-13-8-6-10-4-2-3-5-11(10)15(13)17/h2-9H,18H2,1H3. The molecule has 0 radical (unpaired) electrons. The molecule has 2 N–H and O–H groups in total. The first-order valence-electron chi connectivity index (χ1n) is 6.34. The molecule has 3 rings (SSSR count). The molecule has 1 heterocycles. The third kappa shape index (κ3) is 2.64. The van der Waals surface area contributed by atoms with Gasteiger partial charge < -0.3 is 15.2 Å². The first-order valence-corrected chi connectivity index (χ1v) is 7.14. The molecule has 0 amide bonds. The Hall–Kier alpha value is -2.27. The fourth-order valence-electron chi connectivity index (χ4n) is 2.03. The fourth-order valence-corrected chi connectivity index (χ4v) is 2.60. The lowest BCUT2D eigenvalue weighted by Crippen LogP contribution is -1.97.